The van der Waals surface area contributed by atoms with Gasteiger partial charge in [0.2, 0.25) is 0 Å². The molecule has 0 fully saturated rings. The van der Waals surface area contributed by atoms with E-state index < -0.39 is 27.5 Å². The molecule has 0 amide bonds. The highest BCUT2D eigenvalue weighted by Crippen LogP contribution is 2.49. The molecule has 0 heterocycles. The predicted octanol–water partition coefficient (Wildman–Crippen LogP) is 15.3. The van der Waals surface area contributed by atoms with E-state index in [-0.39, 0.29) is 33.9 Å². The first-order chi connectivity index (χ1) is 31.1. The monoisotopic (exact) mass is 1160 g/mol. The van der Waals surface area contributed by atoms with Crippen molar-refractivity contribution in [2.45, 2.75) is 98.7 Å². The van der Waals surface area contributed by atoms with E-state index in [1.54, 1.807) is 12.1 Å². The lowest BCUT2D eigenvalue weighted by Gasteiger charge is -2.40. The van der Waals surface area contributed by atoms with Crippen LogP contribution in [0, 0.1) is 42.9 Å². The van der Waals surface area contributed by atoms with Gasteiger partial charge in [0.15, 0.2) is 20.5 Å². The van der Waals surface area contributed by atoms with E-state index in [9.17, 15) is 30.8 Å². The highest BCUT2D eigenvalue weighted by atomic mass is 79.9. The summed E-state index contributed by atoms with van der Waals surface area (Å²) in [7, 11) is 0. The Hall–Kier alpha value is -5.02. The number of alkyl halides is 4. The number of nitro groups is 2. The van der Waals surface area contributed by atoms with Crippen molar-refractivity contribution in [2.24, 2.45) is 20.5 Å². The van der Waals surface area contributed by atoms with Gasteiger partial charge in [-0.2, -0.15) is 10.5 Å². The van der Waals surface area contributed by atoms with Gasteiger partial charge in [-0.25, -0.2) is 0 Å². The van der Waals surface area contributed by atoms with Gasteiger partial charge in [-0.3, -0.25) is 20.2 Å². The van der Waals surface area contributed by atoms with Crippen molar-refractivity contribution in [3.05, 3.63) is 104 Å². The zero-order valence-corrected chi connectivity index (χ0v) is 44.4. The lowest BCUT2D eigenvalue weighted by atomic mass is 9.93. The molecule has 0 saturated heterocycles. The van der Waals surface area contributed by atoms with E-state index in [4.69, 9.17) is 9.47 Å². The minimum absolute atomic E-state index is 0.0216. The zero-order valence-electron chi connectivity index (χ0n) is 38.0. The van der Waals surface area contributed by atoms with Crippen LogP contribution in [0.4, 0.5) is 45.5 Å². The largest absolute Gasteiger partial charge is 0.472 e. The van der Waals surface area contributed by atoms with Crippen LogP contribution in [0.5, 0.6) is 11.5 Å². The van der Waals surface area contributed by atoms with Crippen molar-refractivity contribution < 1.29 is 19.3 Å². The number of hydrogen-bond donors (Lipinski definition) is 0. The third-order valence-electron chi connectivity index (χ3n) is 11.3. The highest BCUT2D eigenvalue weighted by Gasteiger charge is 2.45. The number of halogens is 4. The number of nitriles is 2. The first kappa shape index (κ1) is 53.6. The Bertz CT molecular complexity index is 2360. The van der Waals surface area contributed by atoms with Gasteiger partial charge in [0, 0.05) is 74.0 Å². The molecule has 4 aromatic rings. The van der Waals surface area contributed by atoms with Gasteiger partial charge in [-0.1, -0.05) is 44.7 Å². The molecule has 350 valence electrons. The molecule has 0 aliphatic rings. The van der Waals surface area contributed by atoms with Crippen LogP contribution >= 0.6 is 63.7 Å². The van der Waals surface area contributed by atoms with Crippen LogP contribution in [-0.2, 0) is 0 Å². The summed E-state index contributed by atoms with van der Waals surface area (Å²) in [6.45, 7) is 19.3. The number of non-ortho nitro benzene ring substituents is 2. The Morgan fingerprint density at radius 3 is 1.18 bits per heavy atom. The highest BCUT2D eigenvalue weighted by molar-refractivity contribution is 9.13. The molecule has 4 unspecified atom stereocenters. The molecule has 0 aliphatic carbocycles. The molecule has 0 aromatic heterocycles. The quantitative estimate of drug-likeness (QED) is 0.0226. The molecule has 4 aromatic carbocycles. The summed E-state index contributed by atoms with van der Waals surface area (Å²) in [4.78, 5) is 25.8. The first-order valence-corrected chi connectivity index (χ1v) is 24.4. The maximum Gasteiger partial charge on any atom is 0.270 e. The number of rotatable bonds is 23. The first-order valence-electron chi connectivity index (χ1n) is 21.2. The number of hydrogen-bond acceptors (Lipinski definition) is 14. The van der Waals surface area contributed by atoms with E-state index in [0.717, 1.165) is 50.4 Å². The van der Waals surface area contributed by atoms with Crippen molar-refractivity contribution in [3.8, 4) is 23.6 Å². The van der Waals surface area contributed by atoms with Crippen LogP contribution in [0.2, 0.25) is 0 Å². The van der Waals surface area contributed by atoms with Gasteiger partial charge < -0.3 is 19.3 Å². The summed E-state index contributed by atoms with van der Waals surface area (Å²) in [6, 6.07) is 22.9. The van der Waals surface area contributed by atoms with Crippen molar-refractivity contribution in [3.63, 3.8) is 0 Å². The van der Waals surface area contributed by atoms with E-state index >= 15 is 0 Å². The second-order valence-corrected chi connectivity index (χ2v) is 22.4. The van der Waals surface area contributed by atoms with Gasteiger partial charge in [-0.15, -0.1) is 20.5 Å². The van der Waals surface area contributed by atoms with Crippen LogP contribution in [0.1, 0.15) is 92.2 Å². The van der Waals surface area contributed by atoms with Gasteiger partial charge >= 0.3 is 0 Å². The average Bonchev–Trinajstić information content (AvgIpc) is 3.27. The van der Waals surface area contributed by atoms with Crippen LogP contribution in [0.3, 0.4) is 0 Å². The zero-order chi connectivity index (χ0) is 49.0. The molecule has 20 heteroatoms. The second-order valence-electron chi connectivity index (χ2n) is 15.8. The third kappa shape index (κ3) is 13.3. The van der Waals surface area contributed by atoms with Gasteiger partial charge in [0.05, 0.1) is 29.6 Å². The number of anilines is 2. The Morgan fingerprint density at radius 2 is 0.879 bits per heavy atom. The van der Waals surface area contributed by atoms with E-state index in [1.807, 2.05) is 64.1 Å². The smallest absolute Gasteiger partial charge is 0.270 e. The number of nitro benzene ring substituents is 2. The summed E-state index contributed by atoms with van der Waals surface area (Å²) >= 11 is 15.7. The lowest BCUT2D eigenvalue weighted by Crippen LogP contribution is -2.45. The van der Waals surface area contributed by atoms with Crippen LogP contribution in [-0.4, -0.2) is 53.7 Å². The lowest BCUT2D eigenvalue weighted by molar-refractivity contribution is -0.385. The maximum atomic E-state index is 11.3. The van der Waals surface area contributed by atoms with Crippen molar-refractivity contribution in [1.29, 1.82) is 10.5 Å². The summed E-state index contributed by atoms with van der Waals surface area (Å²) in [6.07, 6.45) is 2.94. The molecule has 0 N–H and O–H groups in total. The number of ether oxygens (including phenoxy) is 2. The fraction of sp³-hybridized carbons (Fsp3) is 0.435. The van der Waals surface area contributed by atoms with Crippen LogP contribution in [0.25, 0.3) is 0 Å². The predicted molar refractivity (Wildman–Crippen MR) is 273 cm³/mol. The Balaban J connectivity index is 1.54. The molecular formula is C46H52Br4N10O6. The molecule has 0 aliphatic heterocycles. The molecule has 0 radical (unpaired) electrons. The standard InChI is InChI=1S/C46H52Br4N10O6/c1-9-57(10-2)33-15-21-39(55-53-37-19-17-35(59(61)62)25-31(37)29-51)41(27-33)65-45(7,49)43(5,47)23-13-14-24-44(6,48)46(8,50)66-42-28-34(58(11-3)12-4)16-22-40(42)56-54-38-20-18-36(60(63)64)26-32(38)30-52/h15-22,25-28H,9-14,23-24H2,1-8H3. The van der Waals surface area contributed by atoms with Gasteiger partial charge in [0.25, 0.3) is 11.4 Å². The van der Waals surface area contributed by atoms with E-state index in [0.29, 0.717) is 35.7 Å². The fourth-order valence-electron chi connectivity index (χ4n) is 6.74. The molecule has 0 spiro atoms. The number of benzene rings is 4. The summed E-state index contributed by atoms with van der Waals surface area (Å²) < 4.78 is 10.4. The molecule has 16 nitrogen and oxygen atoms in total. The Kier molecular flexibility index (Phi) is 18.8. The number of nitrogens with zero attached hydrogens (tertiary/aromatic N) is 10. The maximum absolute atomic E-state index is 11.3. The van der Waals surface area contributed by atoms with Crippen LogP contribution in [0.15, 0.2) is 93.3 Å². The molecule has 0 saturated carbocycles. The van der Waals surface area contributed by atoms with Crippen molar-refractivity contribution in [2.75, 3.05) is 36.0 Å². The second kappa shape index (κ2) is 23.1. The third-order valence-corrected chi connectivity index (χ3v) is 16.8. The van der Waals surface area contributed by atoms with E-state index in [2.05, 4.69) is 122 Å². The average molecular weight is 1160 g/mol. The van der Waals surface area contributed by atoms with Crippen molar-refractivity contribution in [1.82, 2.24) is 0 Å². The SMILES string of the molecule is CCN(CC)c1ccc(N=Nc2ccc([N+](=O)[O-])cc2C#N)c(OC(C)(Br)C(C)(Br)CCCCC(C)(Br)C(C)(Br)Oc2cc(N(CC)CC)ccc2N=Nc2ccc([N+](=O)[O-])cc2C#N)c1. The summed E-state index contributed by atoms with van der Waals surface area (Å²) in [5, 5.41) is 59.5. The molecule has 0 bridgehead atoms. The fourth-order valence-corrected chi connectivity index (χ4v) is 8.20. The van der Waals surface area contributed by atoms with Crippen LogP contribution < -0.4 is 19.3 Å². The minimum Gasteiger partial charge on any atom is -0.472 e. The summed E-state index contributed by atoms with van der Waals surface area (Å²) in [5.41, 5.74) is 2.63. The Labute approximate surface area is 419 Å². The number of azo groups is 2. The molecule has 4 atom stereocenters. The van der Waals surface area contributed by atoms with E-state index in [1.165, 1.54) is 36.4 Å². The normalized spacial score (nSPS) is 15.1. The minimum atomic E-state index is -0.967. The molecular weight excluding hydrogens is 1110 g/mol. The van der Waals surface area contributed by atoms with Crippen molar-refractivity contribution >= 4 is 109 Å². The summed E-state index contributed by atoms with van der Waals surface area (Å²) in [5.74, 6) is 0.882. The van der Waals surface area contributed by atoms with Gasteiger partial charge in [0.1, 0.15) is 34.9 Å². The molecule has 66 heavy (non-hydrogen) atoms. The topological polar surface area (TPSA) is 208 Å². The van der Waals surface area contributed by atoms with Gasteiger partial charge in [-0.05, 0) is 136 Å². The number of unbranched alkanes of at least 4 members (excludes halogenated alkanes) is 1. The molecule has 4 rings (SSSR count). The Morgan fingerprint density at radius 1 is 0.561 bits per heavy atom.